The van der Waals surface area contributed by atoms with Crippen LogP contribution in [-0.2, 0) is 19.4 Å². The molecule has 2 heteroatoms. The van der Waals surface area contributed by atoms with Crippen LogP contribution in [0.25, 0.3) is 10.9 Å². The molecule has 0 amide bonds. The summed E-state index contributed by atoms with van der Waals surface area (Å²) in [4.78, 5) is 0. The molecule has 0 radical (unpaired) electrons. The largest absolute Gasteiger partial charge is 0.393 e. The Bertz CT molecular complexity index is 598. The van der Waals surface area contributed by atoms with E-state index in [9.17, 15) is 5.11 Å². The summed E-state index contributed by atoms with van der Waals surface area (Å²) in [6.07, 6.45) is 7.85. The maximum absolute atomic E-state index is 9.99. The van der Waals surface area contributed by atoms with Gasteiger partial charge in [0, 0.05) is 18.1 Å². The smallest absolute Gasteiger partial charge is 0.0571 e. The average molecular weight is 241 g/mol. The van der Waals surface area contributed by atoms with Crippen LogP contribution in [0.15, 0.2) is 24.4 Å². The van der Waals surface area contributed by atoms with Crippen molar-refractivity contribution >= 4 is 10.9 Å². The van der Waals surface area contributed by atoms with Gasteiger partial charge in [-0.1, -0.05) is 24.6 Å². The third kappa shape index (κ3) is 1.45. The van der Waals surface area contributed by atoms with E-state index in [0.717, 1.165) is 19.4 Å². The van der Waals surface area contributed by atoms with Crippen LogP contribution in [-0.4, -0.2) is 15.8 Å². The fourth-order valence-corrected chi connectivity index (χ4v) is 3.83. The molecule has 1 fully saturated rings. The van der Waals surface area contributed by atoms with Gasteiger partial charge in [0.05, 0.1) is 11.6 Å². The van der Waals surface area contributed by atoms with Crippen molar-refractivity contribution in [2.24, 2.45) is 5.92 Å². The first-order chi connectivity index (χ1) is 8.83. The van der Waals surface area contributed by atoms with Crippen molar-refractivity contribution in [3.8, 4) is 0 Å². The molecule has 1 saturated carbocycles. The molecule has 1 aromatic carbocycles. The zero-order valence-corrected chi connectivity index (χ0v) is 10.6. The summed E-state index contributed by atoms with van der Waals surface area (Å²) in [7, 11) is 0. The van der Waals surface area contributed by atoms with Gasteiger partial charge in [-0.05, 0) is 42.7 Å². The highest BCUT2D eigenvalue weighted by Crippen LogP contribution is 2.34. The summed E-state index contributed by atoms with van der Waals surface area (Å²) in [6, 6.07) is 6.68. The van der Waals surface area contributed by atoms with Gasteiger partial charge in [0.1, 0.15) is 0 Å². The minimum atomic E-state index is -0.0745. The Labute approximate surface area is 107 Å². The lowest BCUT2D eigenvalue weighted by Gasteiger charge is -2.13. The van der Waals surface area contributed by atoms with E-state index in [1.54, 1.807) is 0 Å². The number of aryl methyl sites for hydroxylation is 2. The SMILES string of the molecule is OC1CCCC1Cc1cn2c3c(cccc13)CC2. The lowest BCUT2D eigenvalue weighted by molar-refractivity contribution is 0.133. The van der Waals surface area contributed by atoms with E-state index in [4.69, 9.17) is 0 Å². The highest BCUT2D eigenvalue weighted by Gasteiger charge is 2.27. The van der Waals surface area contributed by atoms with Crippen molar-refractivity contribution in [2.75, 3.05) is 0 Å². The van der Waals surface area contributed by atoms with Gasteiger partial charge >= 0.3 is 0 Å². The molecule has 2 atom stereocenters. The average Bonchev–Trinajstić information content (AvgIpc) is 3.05. The normalized spacial score (nSPS) is 26.3. The molecule has 0 saturated heterocycles. The van der Waals surface area contributed by atoms with Crippen LogP contribution in [0.1, 0.15) is 30.4 Å². The van der Waals surface area contributed by atoms with E-state index in [0.29, 0.717) is 5.92 Å². The summed E-state index contributed by atoms with van der Waals surface area (Å²) in [5, 5.41) is 11.4. The van der Waals surface area contributed by atoms with E-state index in [2.05, 4.69) is 29.0 Å². The monoisotopic (exact) mass is 241 g/mol. The van der Waals surface area contributed by atoms with Crippen LogP contribution in [0.4, 0.5) is 0 Å². The fraction of sp³-hybridized carbons (Fsp3) is 0.500. The van der Waals surface area contributed by atoms with Crippen LogP contribution in [0, 0.1) is 5.92 Å². The van der Waals surface area contributed by atoms with Gasteiger partial charge in [-0.2, -0.15) is 0 Å². The number of benzene rings is 1. The topological polar surface area (TPSA) is 25.2 Å². The molecule has 1 aliphatic heterocycles. The third-order valence-electron chi connectivity index (χ3n) is 4.79. The molecule has 18 heavy (non-hydrogen) atoms. The molecular formula is C16H19NO. The molecule has 2 heterocycles. The van der Waals surface area contributed by atoms with Crippen molar-refractivity contribution in [1.82, 2.24) is 4.57 Å². The zero-order valence-electron chi connectivity index (χ0n) is 10.6. The number of para-hydroxylation sites is 1. The lowest BCUT2D eigenvalue weighted by atomic mass is 9.95. The van der Waals surface area contributed by atoms with Crippen molar-refractivity contribution < 1.29 is 5.11 Å². The van der Waals surface area contributed by atoms with Gasteiger partial charge in [0.15, 0.2) is 0 Å². The van der Waals surface area contributed by atoms with E-state index in [1.807, 2.05) is 0 Å². The number of aliphatic hydroxyl groups is 1. The summed E-state index contributed by atoms with van der Waals surface area (Å²) in [5.41, 5.74) is 4.38. The van der Waals surface area contributed by atoms with Crippen molar-refractivity contribution in [3.05, 3.63) is 35.5 Å². The molecule has 1 N–H and O–H groups in total. The number of aliphatic hydroxyl groups excluding tert-OH is 1. The molecule has 2 unspecified atom stereocenters. The minimum absolute atomic E-state index is 0.0745. The standard InChI is InChI=1S/C16H19NO/c18-15-6-2-4-12(15)9-13-10-17-8-7-11-3-1-5-14(13)16(11)17/h1,3,5,10,12,15,18H,2,4,6-9H2. The second-order valence-corrected chi connectivity index (χ2v) is 5.87. The molecule has 0 spiro atoms. The van der Waals surface area contributed by atoms with E-state index >= 15 is 0 Å². The first kappa shape index (κ1) is 10.6. The van der Waals surface area contributed by atoms with Crippen molar-refractivity contribution in [3.63, 3.8) is 0 Å². The molecule has 4 rings (SSSR count). The Morgan fingerprint density at radius 3 is 3.06 bits per heavy atom. The van der Waals surface area contributed by atoms with Gasteiger partial charge in [-0.3, -0.25) is 0 Å². The molecule has 2 aliphatic rings. The van der Waals surface area contributed by atoms with Crippen molar-refractivity contribution in [1.29, 1.82) is 0 Å². The Kier molecular flexibility index (Phi) is 2.28. The van der Waals surface area contributed by atoms with Gasteiger partial charge in [-0.15, -0.1) is 0 Å². The predicted octanol–water partition coefficient (Wildman–Crippen LogP) is 2.90. The van der Waals surface area contributed by atoms with E-state index < -0.39 is 0 Å². The van der Waals surface area contributed by atoms with Gasteiger partial charge in [0.25, 0.3) is 0 Å². The van der Waals surface area contributed by atoms with Crippen LogP contribution < -0.4 is 0 Å². The Balaban J connectivity index is 1.75. The maximum Gasteiger partial charge on any atom is 0.0571 e. The van der Waals surface area contributed by atoms with Crippen molar-refractivity contribution in [2.45, 2.75) is 44.8 Å². The van der Waals surface area contributed by atoms with Crippen LogP contribution in [0.3, 0.4) is 0 Å². The predicted molar refractivity (Wildman–Crippen MR) is 72.7 cm³/mol. The van der Waals surface area contributed by atoms with Crippen LogP contribution in [0.5, 0.6) is 0 Å². The van der Waals surface area contributed by atoms with E-state index in [-0.39, 0.29) is 6.10 Å². The van der Waals surface area contributed by atoms with E-state index in [1.165, 1.54) is 41.3 Å². The Hall–Kier alpha value is -1.28. The molecule has 2 nitrogen and oxygen atoms in total. The second-order valence-electron chi connectivity index (χ2n) is 5.87. The number of aromatic nitrogens is 1. The lowest BCUT2D eigenvalue weighted by Crippen LogP contribution is -2.15. The quantitative estimate of drug-likeness (QED) is 0.859. The highest BCUT2D eigenvalue weighted by atomic mass is 16.3. The molecule has 0 bridgehead atoms. The molecule has 1 aliphatic carbocycles. The molecule has 2 aromatic rings. The second kappa shape index (κ2) is 3.86. The third-order valence-corrected chi connectivity index (χ3v) is 4.79. The fourth-order valence-electron chi connectivity index (χ4n) is 3.83. The minimum Gasteiger partial charge on any atom is -0.393 e. The number of nitrogens with zero attached hydrogens (tertiary/aromatic N) is 1. The summed E-state index contributed by atoms with van der Waals surface area (Å²) in [6.45, 7) is 1.13. The first-order valence-corrected chi connectivity index (χ1v) is 7.10. The number of hydrogen-bond donors (Lipinski definition) is 1. The zero-order chi connectivity index (χ0) is 12.1. The van der Waals surface area contributed by atoms with Crippen LogP contribution in [0.2, 0.25) is 0 Å². The summed E-state index contributed by atoms with van der Waals surface area (Å²) >= 11 is 0. The van der Waals surface area contributed by atoms with Gasteiger partial charge in [0.2, 0.25) is 0 Å². The first-order valence-electron chi connectivity index (χ1n) is 7.10. The molecule has 1 aromatic heterocycles. The van der Waals surface area contributed by atoms with Gasteiger partial charge in [-0.25, -0.2) is 0 Å². The number of hydrogen-bond acceptors (Lipinski definition) is 1. The molecular weight excluding hydrogens is 222 g/mol. The summed E-state index contributed by atoms with van der Waals surface area (Å²) in [5.74, 6) is 0.479. The Morgan fingerprint density at radius 2 is 2.22 bits per heavy atom. The van der Waals surface area contributed by atoms with Gasteiger partial charge < -0.3 is 9.67 Å². The van der Waals surface area contributed by atoms with Crippen LogP contribution >= 0.6 is 0 Å². The maximum atomic E-state index is 9.99. The molecule has 94 valence electrons. The highest BCUT2D eigenvalue weighted by molar-refractivity contribution is 5.88. The summed E-state index contributed by atoms with van der Waals surface area (Å²) < 4.78 is 2.40. The number of rotatable bonds is 2. The Morgan fingerprint density at radius 1 is 1.28 bits per heavy atom.